The summed E-state index contributed by atoms with van der Waals surface area (Å²) in [5.74, 6) is -0.0675. The van der Waals surface area contributed by atoms with E-state index in [4.69, 9.17) is 0 Å². The fourth-order valence-electron chi connectivity index (χ4n) is 4.62. The van der Waals surface area contributed by atoms with Crippen molar-refractivity contribution in [3.63, 3.8) is 0 Å². The summed E-state index contributed by atoms with van der Waals surface area (Å²) in [6.07, 6.45) is 0. The van der Waals surface area contributed by atoms with Crippen LogP contribution in [0.2, 0.25) is 0 Å². The van der Waals surface area contributed by atoms with E-state index in [1.807, 2.05) is 67.6 Å². The molecule has 0 saturated heterocycles. The van der Waals surface area contributed by atoms with Crippen molar-refractivity contribution < 1.29 is 8.42 Å². The fourth-order valence-corrected chi connectivity index (χ4v) is 6.11. The maximum absolute atomic E-state index is 13.5. The van der Waals surface area contributed by atoms with Gasteiger partial charge in [-0.3, -0.25) is 0 Å². The molecule has 0 spiro atoms. The Bertz CT molecular complexity index is 1550. The summed E-state index contributed by atoms with van der Waals surface area (Å²) >= 11 is 0. The van der Waals surface area contributed by atoms with E-state index < -0.39 is 9.84 Å². The molecule has 0 aliphatic rings. The standard InChI is InChI=1S/C32H26O2S.H3P/c1-24-22-29(25-14-6-2-7-15-25)31(26-16-8-3-9-17-26)32(27-18-10-4-11-19-27)30(24)23-35(33,34)28-20-12-5-13-21-28;/h2-22H,23H2,1H3;1H3. The van der Waals surface area contributed by atoms with Crippen LogP contribution in [-0.2, 0) is 15.6 Å². The van der Waals surface area contributed by atoms with Crippen LogP contribution in [0.25, 0.3) is 33.4 Å². The van der Waals surface area contributed by atoms with Gasteiger partial charge >= 0.3 is 0 Å². The third kappa shape index (κ3) is 5.18. The van der Waals surface area contributed by atoms with E-state index in [-0.39, 0.29) is 15.7 Å². The topological polar surface area (TPSA) is 34.1 Å². The molecule has 1 atom stereocenters. The van der Waals surface area contributed by atoms with Crippen molar-refractivity contribution in [2.45, 2.75) is 17.6 Å². The van der Waals surface area contributed by atoms with Crippen molar-refractivity contribution in [3.8, 4) is 33.4 Å². The van der Waals surface area contributed by atoms with Crippen LogP contribution in [0, 0.1) is 6.92 Å². The Kier molecular flexibility index (Phi) is 7.84. The highest BCUT2D eigenvalue weighted by Crippen LogP contribution is 2.44. The Morgan fingerprint density at radius 2 is 0.972 bits per heavy atom. The summed E-state index contributed by atoms with van der Waals surface area (Å²) in [5, 5.41) is 0. The Morgan fingerprint density at radius 3 is 1.47 bits per heavy atom. The maximum Gasteiger partial charge on any atom is 0.182 e. The van der Waals surface area contributed by atoms with Gasteiger partial charge in [0.2, 0.25) is 0 Å². The molecule has 0 aliphatic carbocycles. The second kappa shape index (κ2) is 11.0. The summed E-state index contributed by atoms with van der Waals surface area (Å²) in [7, 11) is -3.54. The van der Waals surface area contributed by atoms with Crippen LogP contribution in [0.5, 0.6) is 0 Å². The molecule has 0 radical (unpaired) electrons. The summed E-state index contributed by atoms with van der Waals surface area (Å²) < 4.78 is 27.1. The first-order valence-electron chi connectivity index (χ1n) is 11.6. The van der Waals surface area contributed by atoms with Gasteiger partial charge in [0, 0.05) is 0 Å². The van der Waals surface area contributed by atoms with Crippen molar-refractivity contribution in [2.24, 2.45) is 0 Å². The highest BCUT2D eigenvalue weighted by atomic mass is 32.2. The first-order chi connectivity index (χ1) is 17.0. The lowest BCUT2D eigenvalue weighted by atomic mass is 9.83. The molecule has 5 aromatic rings. The molecular weight excluding hydrogens is 479 g/mol. The number of hydrogen-bond acceptors (Lipinski definition) is 2. The second-order valence-corrected chi connectivity index (χ2v) is 10.6. The van der Waals surface area contributed by atoms with Crippen LogP contribution in [-0.4, -0.2) is 8.42 Å². The van der Waals surface area contributed by atoms with E-state index >= 15 is 0 Å². The molecule has 5 rings (SSSR count). The predicted octanol–water partition coefficient (Wildman–Crippen LogP) is 8.03. The Morgan fingerprint density at radius 1 is 0.556 bits per heavy atom. The van der Waals surface area contributed by atoms with Crippen molar-refractivity contribution in [1.82, 2.24) is 0 Å². The molecule has 4 heteroatoms. The van der Waals surface area contributed by atoms with Crippen molar-refractivity contribution in [1.29, 1.82) is 0 Å². The van der Waals surface area contributed by atoms with Crippen LogP contribution >= 0.6 is 9.90 Å². The van der Waals surface area contributed by atoms with Crippen molar-refractivity contribution >= 4 is 19.7 Å². The number of rotatable bonds is 6. The van der Waals surface area contributed by atoms with Crippen LogP contribution in [0.4, 0.5) is 0 Å². The number of benzene rings is 5. The fraction of sp³-hybridized carbons (Fsp3) is 0.0625. The van der Waals surface area contributed by atoms with Crippen molar-refractivity contribution in [2.75, 3.05) is 0 Å². The first-order valence-corrected chi connectivity index (χ1v) is 13.3. The summed E-state index contributed by atoms with van der Waals surface area (Å²) in [5.41, 5.74) is 8.06. The van der Waals surface area contributed by atoms with E-state index in [1.165, 1.54) is 0 Å². The third-order valence-corrected chi connectivity index (χ3v) is 7.96. The van der Waals surface area contributed by atoms with Gasteiger partial charge in [-0.15, -0.1) is 0 Å². The van der Waals surface area contributed by atoms with Crippen LogP contribution in [0.3, 0.4) is 0 Å². The highest BCUT2D eigenvalue weighted by Gasteiger charge is 2.24. The van der Waals surface area contributed by atoms with E-state index in [0.717, 1.165) is 44.5 Å². The lowest BCUT2D eigenvalue weighted by Crippen LogP contribution is -2.09. The van der Waals surface area contributed by atoms with E-state index in [9.17, 15) is 8.42 Å². The molecule has 0 aliphatic heterocycles. The van der Waals surface area contributed by atoms with Crippen LogP contribution < -0.4 is 0 Å². The van der Waals surface area contributed by atoms with Gasteiger partial charge in [-0.2, -0.15) is 9.90 Å². The zero-order chi connectivity index (χ0) is 24.3. The molecule has 0 N–H and O–H groups in total. The van der Waals surface area contributed by atoms with E-state index in [0.29, 0.717) is 4.90 Å². The lowest BCUT2D eigenvalue weighted by molar-refractivity contribution is 0.595. The Hall–Kier alpha value is -3.52. The highest BCUT2D eigenvalue weighted by molar-refractivity contribution is 7.90. The van der Waals surface area contributed by atoms with Crippen molar-refractivity contribution in [3.05, 3.63) is 139 Å². The molecule has 2 nitrogen and oxygen atoms in total. The molecule has 0 saturated carbocycles. The lowest BCUT2D eigenvalue weighted by Gasteiger charge is -2.22. The van der Waals surface area contributed by atoms with Gasteiger partial charge in [-0.1, -0.05) is 115 Å². The molecule has 5 aromatic carbocycles. The normalized spacial score (nSPS) is 11.0. The molecule has 0 amide bonds. The largest absolute Gasteiger partial charge is 0.223 e. The minimum atomic E-state index is -3.54. The Labute approximate surface area is 217 Å². The summed E-state index contributed by atoms with van der Waals surface area (Å²) in [6, 6.07) is 41.5. The smallest absolute Gasteiger partial charge is 0.182 e. The molecule has 0 fully saturated rings. The quantitative estimate of drug-likeness (QED) is 0.218. The minimum Gasteiger partial charge on any atom is -0.223 e. The average molecular weight is 509 g/mol. The van der Waals surface area contributed by atoms with Gasteiger partial charge in [-0.05, 0) is 63.6 Å². The third-order valence-electron chi connectivity index (χ3n) is 6.30. The monoisotopic (exact) mass is 508 g/mol. The molecule has 0 aromatic heterocycles. The zero-order valence-corrected chi connectivity index (χ0v) is 22.5. The Balaban J connectivity index is 0.00000304. The van der Waals surface area contributed by atoms with Gasteiger partial charge in [0.15, 0.2) is 9.84 Å². The molecule has 1 unspecified atom stereocenters. The molecule has 0 heterocycles. The van der Waals surface area contributed by atoms with Gasteiger partial charge in [-0.25, -0.2) is 8.42 Å². The van der Waals surface area contributed by atoms with Crippen LogP contribution in [0.1, 0.15) is 11.1 Å². The average Bonchev–Trinajstić information content (AvgIpc) is 2.91. The molecule has 180 valence electrons. The molecular formula is C32H29O2PS. The van der Waals surface area contributed by atoms with E-state index in [2.05, 4.69) is 42.5 Å². The number of sulfone groups is 1. The first kappa shape index (κ1) is 25.6. The molecule has 36 heavy (non-hydrogen) atoms. The maximum atomic E-state index is 13.5. The van der Waals surface area contributed by atoms with Gasteiger partial charge in [0.1, 0.15) is 0 Å². The summed E-state index contributed by atoms with van der Waals surface area (Å²) in [6.45, 7) is 2.02. The SMILES string of the molecule is Cc1cc(-c2ccccc2)c(-c2ccccc2)c(-c2ccccc2)c1CS(=O)(=O)c1ccccc1.P. The number of aryl methyl sites for hydroxylation is 1. The van der Waals surface area contributed by atoms with Gasteiger partial charge in [0.25, 0.3) is 0 Å². The predicted molar refractivity (Wildman–Crippen MR) is 156 cm³/mol. The van der Waals surface area contributed by atoms with Crippen LogP contribution in [0.15, 0.2) is 132 Å². The van der Waals surface area contributed by atoms with Gasteiger partial charge in [0.05, 0.1) is 10.6 Å². The minimum absolute atomic E-state index is 0. The zero-order valence-electron chi connectivity index (χ0n) is 20.3. The number of hydrogen-bond donors (Lipinski definition) is 0. The molecule has 0 bridgehead atoms. The second-order valence-electron chi connectivity index (χ2n) is 8.64. The van der Waals surface area contributed by atoms with E-state index in [1.54, 1.807) is 24.3 Å². The van der Waals surface area contributed by atoms with Gasteiger partial charge < -0.3 is 0 Å². The summed E-state index contributed by atoms with van der Waals surface area (Å²) in [4.78, 5) is 0.340.